The summed E-state index contributed by atoms with van der Waals surface area (Å²) in [5, 5.41) is 11.1. The van der Waals surface area contributed by atoms with Gasteiger partial charge in [0.1, 0.15) is 11.3 Å². The third kappa shape index (κ3) is 4.63. The summed E-state index contributed by atoms with van der Waals surface area (Å²) in [6.45, 7) is 8.70. The summed E-state index contributed by atoms with van der Waals surface area (Å²) in [7, 11) is 1.64. The summed E-state index contributed by atoms with van der Waals surface area (Å²) >= 11 is 0. The Kier molecular flexibility index (Phi) is 6.65. The van der Waals surface area contributed by atoms with Gasteiger partial charge in [0.2, 0.25) is 0 Å². The van der Waals surface area contributed by atoms with Gasteiger partial charge in [0.25, 0.3) is 5.56 Å². The second-order valence-electron chi connectivity index (χ2n) is 10.9. The first-order valence-corrected chi connectivity index (χ1v) is 13.0. The van der Waals surface area contributed by atoms with Gasteiger partial charge in [-0.2, -0.15) is 0 Å². The van der Waals surface area contributed by atoms with E-state index in [1.165, 1.54) is 4.57 Å². The van der Waals surface area contributed by atoms with Crippen molar-refractivity contribution in [3.05, 3.63) is 87.5 Å². The number of carboxylic acids is 1. The summed E-state index contributed by atoms with van der Waals surface area (Å²) in [6, 6.07) is 15.8. The van der Waals surface area contributed by atoms with Gasteiger partial charge in [-0.3, -0.25) is 4.79 Å². The Bertz CT molecular complexity index is 1570. The Morgan fingerprint density at radius 3 is 2.55 bits per heavy atom. The first-order valence-electron chi connectivity index (χ1n) is 13.0. The number of hydrogen-bond acceptors (Lipinski definition) is 4. The molecule has 5 rings (SSSR count). The molecular formula is C31H34N2O5. The lowest BCUT2D eigenvalue weighted by Gasteiger charge is -2.29. The lowest BCUT2D eigenvalue weighted by Crippen LogP contribution is -2.33. The first-order chi connectivity index (χ1) is 18.1. The highest BCUT2D eigenvalue weighted by Gasteiger charge is 2.34. The van der Waals surface area contributed by atoms with Crippen LogP contribution in [0, 0.1) is 6.92 Å². The van der Waals surface area contributed by atoms with Crippen LogP contribution < -0.4 is 10.3 Å². The summed E-state index contributed by atoms with van der Waals surface area (Å²) in [5.41, 5.74) is 4.66. The van der Waals surface area contributed by atoms with E-state index in [0.717, 1.165) is 40.8 Å². The Morgan fingerprint density at radius 2 is 1.87 bits per heavy atom. The van der Waals surface area contributed by atoms with Crippen molar-refractivity contribution in [2.45, 2.75) is 58.8 Å². The second kappa shape index (κ2) is 9.80. The Balaban J connectivity index is 1.84. The molecule has 2 aromatic carbocycles. The van der Waals surface area contributed by atoms with Crippen LogP contribution in [0.25, 0.3) is 22.0 Å². The standard InChI is InChI=1S/C31H34N2O5/c1-19-21-12-9-17-37-24(21)14-13-22(19)25-23-15-16-33(18-20-10-7-6-8-11-20)26(23)29(34)32(5)27(25)28(30(35)36)38-31(2,3)4/h6-8,10-11,13-16,28H,9,12,17-18H2,1-5H3,(H,35,36). The number of rotatable bonds is 6. The van der Waals surface area contributed by atoms with Gasteiger partial charge in [0, 0.05) is 30.7 Å². The molecule has 0 saturated heterocycles. The lowest BCUT2D eigenvalue weighted by molar-refractivity contribution is -0.161. The topological polar surface area (TPSA) is 82.7 Å². The highest BCUT2D eigenvalue weighted by molar-refractivity contribution is 5.99. The number of aromatic nitrogens is 2. The van der Waals surface area contributed by atoms with Crippen LogP contribution in [0.3, 0.4) is 0 Å². The quantitative estimate of drug-likeness (QED) is 0.361. The van der Waals surface area contributed by atoms with Crippen LogP contribution in [-0.4, -0.2) is 32.4 Å². The zero-order chi connectivity index (χ0) is 27.2. The van der Waals surface area contributed by atoms with E-state index in [9.17, 15) is 14.7 Å². The molecule has 4 aromatic rings. The van der Waals surface area contributed by atoms with Gasteiger partial charge in [0.15, 0.2) is 6.10 Å². The molecule has 0 aliphatic carbocycles. The van der Waals surface area contributed by atoms with Crippen LogP contribution in [-0.2, 0) is 29.5 Å². The summed E-state index contributed by atoms with van der Waals surface area (Å²) in [6.07, 6.45) is 2.38. The van der Waals surface area contributed by atoms with E-state index in [4.69, 9.17) is 9.47 Å². The minimum Gasteiger partial charge on any atom is -0.493 e. The number of carboxylic acid groups (broad SMARTS) is 1. The normalized spacial score (nSPS) is 14.2. The molecule has 1 N–H and O–H groups in total. The molecule has 0 bridgehead atoms. The van der Waals surface area contributed by atoms with Crippen LogP contribution in [0.4, 0.5) is 0 Å². The van der Waals surface area contributed by atoms with Crippen LogP contribution in [0.5, 0.6) is 5.75 Å². The molecule has 0 saturated carbocycles. The number of aliphatic carboxylic acids is 1. The monoisotopic (exact) mass is 514 g/mol. The number of nitrogens with zero attached hydrogens (tertiary/aromatic N) is 2. The molecule has 0 radical (unpaired) electrons. The highest BCUT2D eigenvalue weighted by Crippen LogP contribution is 2.41. The van der Waals surface area contributed by atoms with Gasteiger partial charge in [-0.1, -0.05) is 36.4 Å². The maximum atomic E-state index is 13.9. The van der Waals surface area contributed by atoms with E-state index >= 15 is 0 Å². The molecule has 1 atom stereocenters. The van der Waals surface area contributed by atoms with Gasteiger partial charge in [-0.25, -0.2) is 4.79 Å². The van der Waals surface area contributed by atoms with Crippen LogP contribution in [0.15, 0.2) is 59.5 Å². The minimum atomic E-state index is -1.34. The molecule has 7 heteroatoms. The summed E-state index contributed by atoms with van der Waals surface area (Å²) < 4.78 is 15.4. The molecular weight excluding hydrogens is 480 g/mol. The van der Waals surface area contributed by atoms with Crippen molar-refractivity contribution in [1.82, 2.24) is 9.13 Å². The number of carbonyl (C=O) groups is 1. The zero-order valence-corrected chi connectivity index (χ0v) is 22.6. The largest absolute Gasteiger partial charge is 0.493 e. The molecule has 1 aliphatic rings. The van der Waals surface area contributed by atoms with Crippen molar-refractivity contribution in [3.63, 3.8) is 0 Å². The van der Waals surface area contributed by atoms with Crippen molar-refractivity contribution in [2.75, 3.05) is 6.61 Å². The molecule has 0 spiro atoms. The maximum Gasteiger partial charge on any atom is 0.339 e. The van der Waals surface area contributed by atoms with E-state index in [2.05, 4.69) is 0 Å². The summed E-state index contributed by atoms with van der Waals surface area (Å²) in [5.74, 6) is -0.277. The van der Waals surface area contributed by atoms with E-state index in [1.807, 2.05) is 87.0 Å². The zero-order valence-electron chi connectivity index (χ0n) is 22.6. The smallest absolute Gasteiger partial charge is 0.339 e. The predicted molar refractivity (Wildman–Crippen MR) is 148 cm³/mol. The lowest BCUT2D eigenvalue weighted by atomic mass is 9.89. The van der Waals surface area contributed by atoms with Gasteiger partial charge in [-0.05, 0) is 74.9 Å². The fraction of sp³-hybridized carbons (Fsp3) is 0.355. The fourth-order valence-electron chi connectivity index (χ4n) is 5.44. The second-order valence-corrected chi connectivity index (χ2v) is 10.9. The van der Waals surface area contributed by atoms with Gasteiger partial charge < -0.3 is 23.7 Å². The highest BCUT2D eigenvalue weighted by atomic mass is 16.5. The van der Waals surface area contributed by atoms with Crippen LogP contribution in [0.1, 0.15) is 55.7 Å². The van der Waals surface area contributed by atoms with Crippen LogP contribution >= 0.6 is 0 Å². The number of hydrogen-bond donors (Lipinski definition) is 1. The molecule has 3 heterocycles. The van der Waals surface area contributed by atoms with E-state index in [-0.39, 0.29) is 5.56 Å². The Hall–Kier alpha value is -3.84. The van der Waals surface area contributed by atoms with Crippen molar-refractivity contribution in [3.8, 4) is 16.9 Å². The average molecular weight is 515 g/mol. The Labute approximate surface area is 222 Å². The third-order valence-corrected chi connectivity index (χ3v) is 7.15. The van der Waals surface area contributed by atoms with Gasteiger partial charge >= 0.3 is 5.97 Å². The first kappa shape index (κ1) is 25.8. The van der Waals surface area contributed by atoms with E-state index in [1.54, 1.807) is 7.05 Å². The van der Waals surface area contributed by atoms with Crippen molar-refractivity contribution in [1.29, 1.82) is 0 Å². The van der Waals surface area contributed by atoms with Crippen molar-refractivity contribution >= 4 is 16.9 Å². The summed E-state index contributed by atoms with van der Waals surface area (Å²) in [4.78, 5) is 26.5. The maximum absolute atomic E-state index is 13.9. The third-order valence-electron chi connectivity index (χ3n) is 7.15. The SMILES string of the molecule is Cc1c(-c2c(C(OC(C)(C)C)C(=O)O)n(C)c(=O)c3c2ccn3Cc2ccccc2)ccc2c1CCCO2. The number of ether oxygens (including phenoxy) is 2. The minimum absolute atomic E-state index is 0.262. The van der Waals surface area contributed by atoms with Gasteiger partial charge in [0.05, 0.1) is 17.9 Å². The Morgan fingerprint density at radius 1 is 1.13 bits per heavy atom. The molecule has 1 unspecified atom stereocenters. The molecule has 198 valence electrons. The average Bonchev–Trinajstić information content (AvgIpc) is 3.29. The number of fused-ring (bicyclic) bond motifs is 2. The molecule has 2 aromatic heterocycles. The number of benzene rings is 2. The predicted octanol–water partition coefficient (Wildman–Crippen LogP) is 5.63. The van der Waals surface area contributed by atoms with Crippen molar-refractivity contribution < 1.29 is 19.4 Å². The van der Waals surface area contributed by atoms with E-state index < -0.39 is 17.7 Å². The molecule has 38 heavy (non-hydrogen) atoms. The molecule has 1 aliphatic heterocycles. The molecule has 0 amide bonds. The van der Waals surface area contributed by atoms with Gasteiger partial charge in [-0.15, -0.1) is 0 Å². The molecule has 0 fully saturated rings. The van der Waals surface area contributed by atoms with Crippen molar-refractivity contribution in [2.24, 2.45) is 7.05 Å². The van der Waals surface area contributed by atoms with Crippen LogP contribution in [0.2, 0.25) is 0 Å². The molecule has 7 nitrogen and oxygen atoms in total. The number of pyridine rings is 1. The fourth-order valence-corrected chi connectivity index (χ4v) is 5.44. The van der Waals surface area contributed by atoms with E-state index in [0.29, 0.717) is 35.3 Å².